The number of unbranched alkanes of at least 4 members (excludes halogenated alkanes) is 3. The van der Waals surface area contributed by atoms with Gasteiger partial charge < -0.3 is 10.0 Å². The average Bonchev–Trinajstić information content (AvgIpc) is 2.76. The SMILES string of the molecule is CN(CCCCCCO)c1ccc(N=Nc2ccc(C=C(C#N)S(C)(=O)=O)cc2)cc1. The van der Waals surface area contributed by atoms with E-state index in [0.717, 1.165) is 49.9 Å². The fraction of sp³-hybridized carbons (Fsp3) is 0.348. The largest absolute Gasteiger partial charge is 0.396 e. The highest BCUT2D eigenvalue weighted by Gasteiger charge is 2.10. The van der Waals surface area contributed by atoms with Gasteiger partial charge in [0, 0.05) is 32.1 Å². The monoisotopic (exact) mass is 440 g/mol. The number of nitrogens with zero attached hydrogens (tertiary/aromatic N) is 4. The van der Waals surface area contributed by atoms with Crippen LogP contribution >= 0.6 is 0 Å². The third-order valence-electron chi connectivity index (χ3n) is 4.67. The Morgan fingerprint density at radius 2 is 1.55 bits per heavy atom. The number of rotatable bonds is 11. The van der Waals surface area contributed by atoms with Crippen molar-refractivity contribution in [1.29, 1.82) is 5.26 Å². The summed E-state index contributed by atoms with van der Waals surface area (Å²) in [6, 6.07) is 16.3. The van der Waals surface area contributed by atoms with Crippen LogP contribution in [0.3, 0.4) is 0 Å². The minimum atomic E-state index is -3.54. The molecule has 0 aliphatic rings. The first kappa shape index (κ1) is 24.3. The van der Waals surface area contributed by atoms with Gasteiger partial charge in [0.2, 0.25) is 0 Å². The van der Waals surface area contributed by atoms with Crippen molar-refractivity contribution in [2.24, 2.45) is 10.2 Å². The van der Waals surface area contributed by atoms with Crippen LogP contribution in [0.4, 0.5) is 17.1 Å². The first-order chi connectivity index (χ1) is 14.8. The molecule has 0 fully saturated rings. The first-order valence-corrected chi connectivity index (χ1v) is 12.0. The summed E-state index contributed by atoms with van der Waals surface area (Å²) in [5.74, 6) is 0. The van der Waals surface area contributed by atoms with Gasteiger partial charge in [-0.2, -0.15) is 15.5 Å². The van der Waals surface area contributed by atoms with E-state index < -0.39 is 9.84 Å². The van der Waals surface area contributed by atoms with Crippen LogP contribution in [0.2, 0.25) is 0 Å². The Labute approximate surface area is 184 Å². The summed E-state index contributed by atoms with van der Waals surface area (Å²) in [6.45, 7) is 1.22. The van der Waals surface area contributed by atoms with E-state index in [1.165, 1.54) is 6.08 Å². The second kappa shape index (κ2) is 12.0. The molecule has 0 aromatic heterocycles. The Balaban J connectivity index is 1.95. The van der Waals surface area contributed by atoms with E-state index in [-0.39, 0.29) is 11.5 Å². The highest BCUT2D eigenvalue weighted by Crippen LogP contribution is 2.23. The maximum absolute atomic E-state index is 11.5. The van der Waals surface area contributed by atoms with Gasteiger partial charge in [-0.3, -0.25) is 0 Å². The molecule has 0 unspecified atom stereocenters. The molecule has 7 nitrogen and oxygen atoms in total. The Morgan fingerprint density at radius 1 is 1.00 bits per heavy atom. The highest BCUT2D eigenvalue weighted by molar-refractivity contribution is 7.95. The van der Waals surface area contributed by atoms with Gasteiger partial charge in [0.05, 0.1) is 11.4 Å². The van der Waals surface area contributed by atoms with Gasteiger partial charge in [-0.15, -0.1) is 0 Å². The third kappa shape index (κ3) is 8.32. The molecule has 0 bridgehead atoms. The number of azo groups is 1. The fourth-order valence-corrected chi connectivity index (χ4v) is 3.36. The van der Waals surface area contributed by atoms with E-state index in [4.69, 9.17) is 10.4 Å². The predicted molar refractivity (Wildman–Crippen MR) is 124 cm³/mol. The zero-order valence-corrected chi connectivity index (χ0v) is 18.7. The molecule has 0 aliphatic heterocycles. The fourth-order valence-electron chi connectivity index (χ4n) is 2.84. The zero-order chi connectivity index (χ0) is 22.7. The summed E-state index contributed by atoms with van der Waals surface area (Å²) in [4.78, 5) is 1.91. The number of sulfone groups is 1. The summed E-state index contributed by atoms with van der Waals surface area (Å²) in [5.41, 5.74) is 3.06. The summed E-state index contributed by atoms with van der Waals surface area (Å²) in [7, 11) is -1.49. The van der Waals surface area contributed by atoms with Crippen LogP contribution in [0.5, 0.6) is 0 Å². The molecule has 1 N–H and O–H groups in total. The van der Waals surface area contributed by atoms with Crippen LogP contribution in [0.15, 0.2) is 63.7 Å². The molecule has 0 spiro atoms. The van der Waals surface area contributed by atoms with Crippen LogP contribution in [-0.2, 0) is 9.84 Å². The van der Waals surface area contributed by atoms with Crippen molar-refractivity contribution in [2.45, 2.75) is 25.7 Å². The van der Waals surface area contributed by atoms with Crippen molar-refractivity contribution >= 4 is 33.0 Å². The van der Waals surface area contributed by atoms with Gasteiger partial charge in [-0.1, -0.05) is 25.0 Å². The van der Waals surface area contributed by atoms with E-state index in [1.807, 2.05) is 24.3 Å². The maximum Gasteiger partial charge on any atom is 0.185 e. The molecule has 164 valence electrons. The van der Waals surface area contributed by atoms with E-state index in [1.54, 1.807) is 30.3 Å². The van der Waals surface area contributed by atoms with Gasteiger partial charge >= 0.3 is 0 Å². The lowest BCUT2D eigenvalue weighted by Gasteiger charge is -2.19. The Bertz CT molecular complexity index is 1040. The molecular weight excluding hydrogens is 412 g/mol. The number of allylic oxidation sites excluding steroid dienone is 1. The van der Waals surface area contributed by atoms with Crippen molar-refractivity contribution in [3.8, 4) is 6.07 Å². The van der Waals surface area contributed by atoms with Crippen molar-refractivity contribution < 1.29 is 13.5 Å². The molecule has 0 amide bonds. The normalized spacial score (nSPS) is 12.1. The second-order valence-corrected chi connectivity index (χ2v) is 9.24. The van der Waals surface area contributed by atoms with Gasteiger partial charge in [0.15, 0.2) is 9.84 Å². The molecule has 0 radical (unpaired) electrons. The smallest absolute Gasteiger partial charge is 0.185 e. The minimum Gasteiger partial charge on any atom is -0.396 e. The first-order valence-electron chi connectivity index (χ1n) is 10.1. The zero-order valence-electron chi connectivity index (χ0n) is 17.9. The van der Waals surface area contributed by atoms with Crippen LogP contribution in [0.1, 0.15) is 31.2 Å². The lowest BCUT2D eigenvalue weighted by molar-refractivity contribution is 0.282. The van der Waals surface area contributed by atoms with Crippen LogP contribution in [0.25, 0.3) is 6.08 Å². The van der Waals surface area contributed by atoms with Gasteiger partial charge in [-0.25, -0.2) is 8.42 Å². The molecular formula is C23H28N4O3S. The number of aliphatic hydroxyl groups excluding tert-OH is 1. The molecule has 0 saturated heterocycles. The van der Waals surface area contributed by atoms with Crippen molar-refractivity contribution in [2.75, 3.05) is 31.4 Å². The van der Waals surface area contributed by atoms with Crippen molar-refractivity contribution in [1.82, 2.24) is 0 Å². The Hall–Kier alpha value is -3.02. The number of benzene rings is 2. The van der Waals surface area contributed by atoms with Gasteiger partial charge in [-0.05, 0) is 60.9 Å². The molecule has 2 aromatic rings. The van der Waals surface area contributed by atoms with E-state index >= 15 is 0 Å². The van der Waals surface area contributed by atoms with E-state index in [2.05, 4.69) is 22.2 Å². The molecule has 31 heavy (non-hydrogen) atoms. The summed E-state index contributed by atoms with van der Waals surface area (Å²) in [6.07, 6.45) is 6.45. The van der Waals surface area contributed by atoms with Crippen LogP contribution in [-0.4, -0.2) is 40.0 Å². The Kier molecular flexibility index (Phi) is 9.38. The van der Waals surface area contributed by atoms with E-state index in [9.17, 15) is 8.42 Å². The summed E-state index contributed by atoms with van der Waals surface area (Å²) in [5, 5.41) is 26.2. The number of aliphatic hydroxyl groups is 1. The van der Waals surface area contributed by atoms with Crippen LogP contribution < -0.4 is 4.90 Å². The lowest BCUT2D eigenvalue weighted by atomic mass is 10.2. The summed E-state index contributed by atoms with van der Waals surface area (Å²) >= 11 is 0. The number of hydrogen-bond donors (Lipinski definition) is 1. The predicted octanol–water partition coefficient (Wildman–Crippen LogP) is 5.00. The second-order valence-electron chi connectivity index (χ2n) is 7.26. The molecule has 0 aliphatic carbocycles. The maximum atomic E-state index is 11.5. The highest BCUT2D eigenvalue weighted by atomic mass is 32.2. The molecule has 0 atom stereocenters. The molecule has 0 heterocycles. The quantitative estimate of drug-likeness (QED) is 0.301. The standard InChI is InChI=1S/C23H28N4O3S/c1-27(15-5-3-4-6-16-28)22-13-11-21(12-14-22)26-25-20-9-7-19(8-10-20)17-23(18-24)31(2,29)30/h7-14,17,28H,3-6,15-16H2,1-2H3. The minimum absolute atomic E-state index is 0.262. The number of hydrogen-bond acceptors (Lipinski definition) is 7. The van der Waals surface area contributed by atoms with Crippen LogP contribution in [0, 0.1) is 11.3 Å². The average molecular weight is 441 g/mol. The summed E-state index contributed by atoms with van der Waals surface area (Å²) < 4.78 is 23.0. The molecule has 2 rings (SSSR count). The molecule has 0 saturated carbocycles. The topological polar surface area (TPSA) is 106 Å². The van der Waals surface area contributed by atoms with Gasteiger partial charge in [0.25, 0.3) is 0 Å². The molecule has 2 aromatic carbocycles. The Morgan fingerprint density at radius 3 is 2.06 bits per heavy atom. The van der Waals surface area contributed by atoms with Gasteiger partial charge in [0.1, 0.15) is 11.0 Å². The van der Waals surface area contributed by atoms with Crippen molar-refractivity contribution in [3.05, 3.63) is 59.0 Å². The number of nitriles is 1. The number of anilines is 1. The van der Waals surface area contributed by atoms with Crippen molar-refractivity contribution in [3.63, 3.8) is 0 Å². The molecule has 8 heteroatoms. The lowest BCUT2D eigenvalue weighted by Crippen LogP contribution is -2.18. The van der Waals surface area contributed by atoms with E-state index in [0.29, 0.717) is 11.3 Å². The third-order valence-corrected chi connectivity index (χ3v) is 5.68.